The van der Waals surface area contributed by atoms with Crippen LogP contribution in [0.2, 0.25) is 0 Å². The first-order chi connectivity index (χ1) is 5.33. The van der Waals surface area contributed by atoms with Crippen LogP contribution in [0.1, 0.15) is 13.3 Å². The number of nitrogens with two attached hydrogens (primary N) is 1. The highest BCUT2D eigenvalue weighted by molar-refractivity contribution is 7.99. The van der Waals surface area contributed by atoms with Gasteiger partial charge in [0.2, 0.25) is 0 Å². The van der Waals surface area contributed by atoms with E-state index in [1.165, 1.54) is 6.42 Å². The molecule has 0 fully saturated rings. The van der Waals surface area contributed by atoms with Crippen LogP contribution in [-0.2, 0) is 0 Å². The standard InChI is InChI=1S/C8H12N2S/c1-2-6-11-8-5-3-4-7(9)10-8/h3-5H,2,6H2,1H3,(H2,9,10). The Kier molecular flexibility index (Phi) is 3.23. The third-order valence-electron chi connectivity index (χ3n) is 1.20. The minimum Gasteiger partial charge on any atom is -0.384 e. The molecule has 0 saturated carbocycles. The van der Waals surface area contributed by atoms with E-state index in [0.29, 0.717) is 5.82 Å². The van der Waals surface area contributed by atoms with Crippen LogP contribution in [0.3, 0.4) is 0 Å². The summed E-state index contributed by atoms with van der Waals surface area (Å²) in [6.07, 6.45) is 1.17. The molecule has 0 aliphatic carbocycles. The van der Waals surface area contributed by atoms with Gasteiger partial charge in [0, 0.05) is 0 Å². The highest BCUT2D eigenvalue weighted by Gasteiger charge is 1.93. The molecular formula is C8H12N2S. The molecule has 0 radical (unpaired) electrons. The molecule has 2 N–H and O–H groups in total. The molecule has 2 nitrogen and oxygen atoms in total. The summed E-state index contributed by atoms with van der Waals surface area (Å²) in [5.74, 6) is 1.71. The first kappa shape index (κ1) is 8.40. The quantitative estimate of drug-likeness (QED) is 0.703. The summed E-state index contributed by atoms with van der Waals surface area (Å²) in [6.45, 7) is 2.15. The number of nitrogens with zero attached hydrogens (tertiary/aromatic N) is 1. The third-order valence-corrected chi connectivity index (χ3v) is 2.33. The summed E-state index contributed by atoms with van der Waals surface area (Å²) in [5.41, 5.74) is 5.51. The smallest absolute Gasteiger partial charge is 0.124 e. The van der Waals surface area contributed by atoms with Gasteiger partial charge in [0.1, 0.15) is 5.82 Å². The van der Waals surface area contributed by atoms with Crippen LogP contribution in [0.5, 0.6) is 0 Å². The Morgan fingerprint density at radius 1 is 1.55 bits per heavy atom. The number of anilines is 1. The van der Waals surface area contributed by atoms with Gasteiger partial charge in [-0.3, -0.25) is 0 Å². The van der Waals surface area contributed by atoms with E-state index in [1.807, 2.05) is 12.1 Å². The van der Waals surface area contributed by atoms with E-state index in [0.717, 1.165) is 10.8 Å². The van der Waals surface area contributed by atoms with Crippen molar-refractivity contribution in [3.05, 3.63) is 18.2 Å². The lowest BCUT2D eigenvalue weighted by Crippen LogP contribution is -1.90. The summed E-state index contributed by atoms with van der Waals surface area (Å²) in [7, 11) is 0. The average molecular weight is 168 g/mol. The molecule has 0 bridgehead atoms. The van der Waals surface area contributed by atoms with Gasteiger partial charge < -0.3 is 5.73 Å². The van der Waals surface area contributed by atoms with Gasteiger partial charge in [0.25, 0.3) is 0 Å². The number of rotatable bonds is 3. The zero-order valence-electron chi connectivity index (χ0n) is 6.58. The summed E-state index contributed by atoms with van der Waals surface area (Å²) in [6, 6.07) is 5.72. The van der Waals surface area contributed by atoms with Gasteiger partial charge >= 0.3 is 0 Å². The normalized spacial score (nSPS) is 9.91. The van der Waals surface area contributed by atoms with E-state index in [9.17, 15) is 0 Å². The predicted octanol–water partition coefficient (Wildman–Crippen LogP) is 2.17. The van der Waals surface area contributed by atoms with E-state index in [2.05, 4.69) is 11.9 Å². The van der Waals surface area contributed by atoms with Gasteiger partial charge in [-0.05, 0) is 24.3 Å². The molecule has 0 aromatic carbocycles. The fourth-order valence-electron chi connectivity index (χ4n) is 0.718. The molecule has 1 aromatic heterocycles. The van der Waals surface area contributed by atoms with Crippen molar-refractivity contribution in [2.24, 2.45) is 0 Å². The summed E-state index contributed by atoms with van der Waals surface area (Å²) in [4.78, 5) is 4.15. The second-order valence-corrected chi connectivity index (χ2v) is 3.36. The van der Waals surface area contributed by atoms with Gasteiger partial charge in [-0.25, -0.2) is 4.98 Å². The van der Waals surface area contributed by atoms with Crippen LogP contribution in [0.15, 0.2) is 23.2 Å². The van der Waals surface area contributed by atoms with Crippen LogP contribution in [0.4, 0.5) is 5.82 Å². The van der Waals surface area contributed by atoms with E-state index in [4.69, 9.17) is 5.73 Å². The average Bonchev–Trinajstić information content (AvgIpc) is 2.01. The highest BCUT2D eigenvalue weighted by Crippen LogP contribution is 2.16. The Balaban J connectivity index is 2.56. The number of thioether (sulfide) groups is 1. The molecule has 0 amide bonds. The lowest BCUT2D eigenvalue weighted by Gasteiger charge is -1.98. The molecule has 1 heterocycles. The van der Waals surface area contributed by atoms with Crippen molar-refractivity contribution < 1.29 is 0 Å². The van der Waals surface area contributed by atoms with Crippen LogP contribution in [0.25, 0.3) is 0 Å². The van der Waals surface area contributed by atoms with Gasteiger partial charge in [0.15, 0.2) is 0 Å². The Morgan fingerprint density at radius 3 is 3.00 bits per heavy atom. The van der Waals surface area contributed by atoms with Crippen molar-refractivity contribution in [2.75, 3.05) is 11.5 Å². The number of hydrogen-bond acceptors (Lipinski definition) is 3. The number of pyridine rings is 1. The van der Waals surface area contributed by atoms with Crippen molar-refractivity contribution >= 4 is 17.6 Å². The van der Waals surface area contributed by atoms with Crippen molar-refractivity contribution in [2.45, 2.75) is 18.4 Å². The SMILES string of the molecule is CCCSc1cccc(N)n1. The van der Waals surface area contributed by atoms with Crippen LogP contribution in [0, 0.1) is 0 Å². The zero-order chi connectivity index (χ0) is 8.10. The second kappa shape index (κ2) is 4.23. The van der Waals surface area contributed by atoms with E-state index in [-0.39, 0.29) is 0 Å². The monoisotopic (exact) mass is 168 g/mol. The molecule has 0 unspecified atom stereocenters. The Labute approximate surface area is 71.2 Å². The fourth-order valence-corrected chi connectivity index (χ4v) is 1.48. The summed E-state index contributed by atoms with van der Waals surface area (Å²) >= 11 is 1.74. The van der Waals surface area contributed by atoms with Gasteiger partial charge in [-0.1, -0.05) is 13.0 Å². The Hall–Kier alpha value is -0.700. The maximum atomic E-state index is 5.51. The molecule has 11 heavy (non-hydrogen) atoms. The molecule has 1 rings (SSSR count). The first-order valence-corrected chi connectivity index (χ1v) is 4.67. The lowest BCUT2D eigenvalue weighted by molar-refractivity contribution is 1.08. The topological polar surface area (TPSA) is 38.9 Å². The summed E-state index contributed by atoms with van der Waals surface area (Å²) in [5, 5.41) is 1.02. The van der Waals surface area contributed by atoms with E-state index in [1.54, 1.807) is 17.8 Å². The fraction of sp³-hybridized carbons (Fsp3) is 0.375. The molecule has 0 aliphatic heterocycles. The number of nitrogen functional groups attached to an aromatic ring is 1. The highest BCUT2D eigenvalue weighted by atomic mass is 32.2. The van der Waals surface area contributed by atoms with E-state index >= 15 is 0 Å². The van der Waals surface area contributed by atoms with Gasteiger partial charge in [0.05, 0.1) is 5.03 Å². The first-order valence-electron chi connectivity index (χ1n) is 3.68. The molecule has 0 spiro atoms. The van der Waals surface area contributed by atoms with Crippen LogP contribution in [-0.4, -0.2) is 10.7 Å². The zero-order valence-corrected chi connectivity index (χ0v) is 7.40. The summed E-state index contributed by atoms with van der Waals surface area (Å²) < 4.78 is 0. The molecule has 60 valence electrons. The Morgan fingerprint density at radius 2 is 2.36 bits per heavy atom. The Bertz CT molecular complexity index is 225. The van der Waals surface area contributed by atoms with Gasteiger partial charge in [-0.2, -0.15) is 0 Å². The van der Waals surface area contributed by atoms with E-state index < -0.39 is 0 Å². The maximum absolute atomic E-state index is 5.51. The minimum atomic E-state index is 0.603. The lowest BCUT2D eigenvalue weighted by atomic mass is 10.5. The molecule has 1 aromatic rings. The van der Waals surface area contributed by atoms with Crippen molar-refractivity contribution in [1.29, 1.82) is 0 Å². The predicted molar refractivity (Wildman–Crippen MR) is 49.7 cm³/mol. The largest absolute Gasteiger partial charge is 0.384 e. The molecule has 0 saturated heterocycles. The molecule has 0 atom stereocenters. The maximum Gasteiger partial charge on any atom is 0.124 e. The number of aromatic nitrogens is 1. The van der Waals surface area contributed by atoms with Crippen LogP contribution < -0.4 is 5.73 Å². The molecule has 0 aliphatic rings. The number of hydrogen-bond donors (Lipinski definition) is 1. The van der Waals surface area contributed by atoms with Crippen molar-refractivity contribution in [3.8, 4) is 0 Å². The van der Waals surface area contributed by atoms with Crippen LogP contribution >= 0.6 is 11.8 Å². The van der Waals surface area contributed by atoms with Crippen molar-refractivity contribution in [1.82, 2.24) is 4.98 Å². The molecular weight excluding hydrogens is 156 g/mol. The second-order valence-electron chi connectivity index (χ2n) is 2.25. The van der Waals surface area contributed by atoms with Gasteiger partial charge in [-0.15, -0.1) is 11.8 Å². The minimum absolute atomic E-state index is 0.603. The molecule has 3 heteroatoms. The third kappa shape index (κ3) is 2.80. The van der Waals surface area contributed by atoms with Crippen molar-refractivity contribution in [3.63, 3.8) is 0 Å².